The highest BCUT2D eigenvalue weighted by Crippen LogP contribution is 2.53. The minimum atomic E-state index is -1.82. The molecule has 0 radical (unpaired) electrons. The maximum absolute atomic E-state index is 13.2. The summed E-state index contributed by atoms with van der Waals surface area (Å²) in [6.07, 6.45) is 0.805. The number of epoxide rings is 1. The number of fused-ring (bicyclic) bond motifs is 5. The zero-order valence-corrected chi connectivity index (χ0v) is 17.4. The zero-order chi connectivity index (χ0) is 20.4. The molecule has 2 N–H and O–H groups in total. The van der Waals surface area contributed by atoms with Crippen LogP contribution in [0.5, 0.6) is 0 Å². The van der Waals surface area contributed by atoms with Gasteiger partial charge in [0.15, 0.2) is 6.54 Å². The second kappa shape index (κ2) is 6.61. The topological polar surface area (TPSA) is 96.4 Å². The first-order valence-electron chi connectivity index (χ1n) is 9.57. The number of likely N-dealkylation sites (N-methyl/N-ethyl adjacent to an activating group) is 1. The average molecular weight is 437 g/mol. The maximum atomic E-state index is 13.2. The Balaban J connectivity index is 1.37. The molecule has 2 unspecified atom stereocenters. The summed E-state index contributed by atoms with van der Waals surface area (Å²) in [4.78, 5) is 25.7. The molecule has 0 amide bonds. The third kappa shape index (κ3) is 2.87. The van der Waals surface area contributed by atoms with Crippen LogP contribution in [0.3, 0.4) is 0 Å². The molecule has 3 aliphatic heterocycles. The van der Waals surface area contributed by atoms with Crippen molar-refractivity contribution in [2.75, 3.05) is 13.6 Å². The van der Waals surface area contributed by atoms with Crippen LogP contribution >= 0.6 is 22.7 Å². The van der Waals surface area contributed by atoms with Crippen LogP contribution < -0.4 is 0 Å². The predicted molar refractivity (Wildman–Crippen MR) is 106 cm³/mol. The van der Waals surface area contributed by atoms with Gasteiger partial charge < -0.3 is 24.2 Å². The van der Waals surface area contributed by atoms with Crippen molar-refractivity contribution in [3.05, 3.63) is 44.8 Å². The number of carbonyl (C=O) groups is 2. The normalized spacial score (nSPS) is 35.2. The Morgan fingerprint density at radius 1 is 1.17 bits per heavy atom. The lowest BCUT2D eigenvalue weighted by Gasteiger charge is -2.47. The average Bonchev–Trinajstić information content (AvgIpc) is 3.03. The summed E-state index contributed by atoms with van der Waals surface area (Å²) in [6, 6.07) is 7.05. The Morgan fingerprint density at radius 3 is 2.17 bits per heavy atom. The van der Waals surface area contributed by atoms with E-state index in [1.54, 1.807) is 24.3 Å². The Morgan fingerprint density at radius 2 is 1.72 bits per heavy atom. The van der Waals surface area contributed by atoms with E-state index in [1.165, 1.54) is 22.7 Å². The van der Waals surface area contributed by atoms with Crippen molar-refractivity contribution in [1.29, 1.82) is 0 Å². The van der Waals surface area contributed by atoms with Gasteiger partial charge in [-0.1, -0.05) is 12.1 Å². The second-order valence-electron chi connectivity index (χ2n) is 8.26. The maximum Gasteiger partial charge on any atom is 0.359 e. The van der Waals surface area contributed by atoms with Gasteiger partial charge in [0.25, 0.3) is 0 Å². The molecule has 0 aliphatic carbocycles. The summed E-state index contributed by atoms with van der Waals surface area (Å²) in [5.74, 6) is -1.50. The van der Waals surface area contributed by atoms with Gasteiger partial charge in [-0.15, -0.1) is 22.7 Å². The summed E-state index contributed by atoms with van der Waals surface area (Å²) in [5, 5.41) is 24.4. The van der Waals surface area contributed by atoms with Gasteiger partial charge in [-0.05, 0) is 22.9 Å². The van der Waals surface area contributed by atoms with Crippen LogP contribution in [0.25, 0.3) is 0 Å². The fourth-order valence-electron chi connectivity index (χ4n) is 5.21. The van der Waals surface area contributed by atoms with E-state index in [-0.39, 0.29) is 36.9 Å². The molecular weight excluding hydrogens is 414 g/mol. The molecule has 2 aromatic rings. The molecule has 5 rings (SSSR count). The van der Waals surface area contributed by atoms with E-state index in [0.29, 0.717) is 27.1 Å². The molecule has 3 aliphatic rings. The molecule has 0 aromatic carbocycles. The zero-order valence-electron chi connectivity index (χ0n) is 15.8. The highest BCUT2D eigenvalue weighted by Gasteiger charge is 2.72. The number of ether oxygens (including phenoxy) is 2. The number of morpholine rings is 1. The van der Waals surface area contributed by atoms with Crippen molar-refractivity contribution < 1.29 is 33.8 Å². The first-order chi connectivity index (χ1) is 13.8. The number of hydrogen-bond donors (Lipinski definition) is 2. The Hall–Kier alpha value is -1.78. The standard InChI is InChI=1S/C20H21NO6S2/c1-21(10-16(22)23)12-8-11(9-13(21)18-17(12)27-18)26-19(24)20(25,14-4-2-6-28-14)15-5-3-7-29-15/h2-7,11-13,17-18,25H,8-10H2,1H3/p+1/t11?,12-,13+,17-,18+,21?. The smallest absolute Gasteiger partial charge is 0.359 e. The molecule has 9 heteroatoms. The van der Waals surface area contributed by atoms with Crippen LogP contribution in [0, 0.1) is 0 Å². The highest BCUT2D eigenvalue weighted by molar-refractivity contribution is 7.12. The summed E-state index contributed by atoms with van der Waals surface area (Å²) in [6.45, 7) is 0.0423. The predicted octanol–water partition coefficient (Wildman–Crippen LogP) is 1.80. The number of rotatable bonds is 6. The van der Waals surface area contributed by atoms with Gasteiger partial charge >= 0.3 is 11.9 Å². The molecule has 7 nitrogen and oxygen atoms in total. The largest absolute Gasteiger partial charge is 0.477 e. The first-order valence-corrected chi connectivity index (χ1v) is 11.3. The van der Waals surface area contributed by atoms with E-state index < -0.39 is 17.5 Å². The van der Waals surface area contributed by atoms with Crippen molar-refractivity contribution in [2.24, 2.45) is 0 Å². The summed E-state index contributed by atoms with van der Waals surface area (Å²) in [5.41, 5.74) is -1.82. The van der Waals surface area contributed by atoms with Gasteiger partial charge in [0, 0.05) is 12.8 Å². The number of carboxylic acids is 1. The van der Waals surface area contributed by atoms with Crippen LogP contribution in [-0.4, -0.2) is 70.6 Å². The quantitative estimate of drug-likeness (QED) is 0.407. The Labute approximate surface area is 175 Å². The summed E-state index contributed by atoms with van der Waals surface area (Å²) < 4.78 is 12.0. The van der Waals surface area contributed by atoms with Gasteiger partial charge in [0.2, 0.25) is 5.60 Å². The van der Waals surface area contributed by atoms with E-state index in [0.717, 1.165) is 0 Å². The first kappa shape index (κ1) is 19.2. The van der Waals surface area contributed by atoms with Gasteiger partial charge in [-0.2, -0.15) is 0 Å². The molecule has 3 fully saturated rings. The number of hydrogen-bond acceptors (Lipinski definition) is 7. The lowest BCUT2D eigenvalue weighted by atomic mass is 9.94. The van der Waals surface area contributed by atoms with Crippen molar-refractivity contribution in [2.45, 2.75) is 48.8 Å². The van der Waals surface area contributed by atoms with E-state index >= 15 is 0 Å². The van der Waals surface area contributed by atoms with Crippen molar-refractivity contribution in [3.8, 4) is 0 Å². The van der Waals surface area contributed by atoms with E-state index in [4.69, 9.17) is 9.47 Å². The SMILES string of the molecule is C[N+]1(CC(=O)O)[C@@H]2CC(OC(=O)C(O)(c3cccs3)c3cccs3)C[C@H]1[C@@H]1O[C@@H]12. The van der Waals surface area contributed by atoms with Crippen LogP contribution in [0.4, 0.5) is 0 Å². The number of aliphatic hydroxyl groups is 1. The third-order valence-corrected chi connectivity index (χ3v) is 8.60. The molecular formula is C20H22NO6S2+. The lowest BCUT2D eigenvalue weighted by Crippen LogP contribution is -2.64. The second-order valence-corrected chi connectivity index (χ2v) is 10.2. The van der Waals surface area contributed by atoms with Crippen molar-refractivity contribution >= 4 is 34.6 Å². The number of carboxylic acid groups (broad SMARTS) is 1. The van der Waals surface area contributed by atoms with Gasteiger partial charge in [0.05, 0.1) is 16.8 Å². The molecule has 2 aromatic heterocycles. The van der Waals surface area contributed by atoms with E-state index in [2.05, 4.69) is 0 Å². The minimum absolute atomic E-state index is 0.00998. The Bertz CT molecular complexity index is 875. The van der Waals surface area contributed by atoms with Gasteiger partial charge in [0.1, 0.15) is 30.4 Å². The van der Waals surface area contributed by atoms with Gasteiger partial charge in [-0.25, -0.2) is 9.59 Å². The molecule has 0 saturated carbocycles. The van der Waals surface area contributed by atoms with Crippen LogP contribution in [0.2, 0.25) is 0 Å². The lowest BCUT2D eigenvalue weighted by molar-refractivity contribution is -0.949. The number of nitrogens with zero attached hydrogens (tertiary/aromatic N) is 1. The Kier molecular flexibility index (Phi) is 4.38. The fourth-order valence-corrected chi connectivity index (χ4v) is 6.92. The number of piperidine rings is 1. The number of aliphatic carboxylic acids is 1. The molecule has 154 valence electrons. The minimum Gasteiger partial charge on any atom is -0.477 e. The molecule has 0 spiro atoms. The van der Waals surface area contributed by atoms with Crippen LogP contribution in [0.15, 0.2) is 35.0 Å². The summed E-state index contributed by atoms with van der Waals surface area (Å²) >= 11 is 2.63. The molecule has 3 saturated heterocycles. The molecule has 29 heavy (non-hydrogen) atoms. The van der Waals surface area contributed by atoms with Crippen molar-refractivity contribution in [1.82, 2.24) is 0 Å². The van der Waals surface area contributed by atoms with Crippen LogP contribution in [0.1, 0.15) is 22.6 Å². The molecule has 5 heterocycles. The third-order valence-electron chi connectivity index (χ3n) is 6.64. The van der Waals surface area contributed by atoms with Crippen molar-refractivity contribution in [3.63, 3.8) is 0 Å². The number of esters is 1. The monoisotopic (exact) mass is 436 g/mol. The van der Waals surface area contributed by atoms with E-state index in [1.807, 2.05) is 17.8 Å². The molecule has 2 bridgehead atoms. The van der Waals surface area contributed by atoms with Crippen LogP contribution in [-0.2, 0) is 24.7 Å². The highest BCUT2D eigenvalue weighted by atomic mass is 32.1. The number of thiophene rings is 2. The fraction of sp³-hybridized carbons (Fsp3) is 0.500. The molecule has 6 atom stereocenters. The number of quaternary nitrogens is 1. The number of carbonyl (C=O) groups excluding carboxylic acids is 1. The van der Waals surface area contributed by atoms with E-state index in [9.17, 15) is 19.8 Å². The van der Waals surface area contributed by atoms with Gasteiger partial charge in [-0.3, -0.25) is 0 Å². The summed E-state index contributed by atoms with van der Waals surface area (Å²) in [7, 11) is 1.96.